The van der Waals surface area contributed by atoms with Gasteiger partial charge in [-0.15, -0.1) is 0 Å². The highest BCUT2D eigenvalue weighted by Crippen LogP contribution is 2.43. The van der Waals surface area contributed by atoms with E-state index in [0.717, 1.165) is 29.3 Å². The Hall–Kier alpha value is -1.78. The van der Waals surface area contributed by atoms with E-state index >= 15 is 0 Å². The number of carbonyl (C=O) groups is 2. The van der Waals surface area contributed by atoms with E-state index in [1.807, 2.05) is 32.9 Å². The van der Waals surface area contributed by atoms with Crippen molar-refractivity contribution in [3.8, 4) is 6.07 Å². The molecule has 3 rings (SSSR count). The Kier molecular flexibility index (Phi) is 6.45. The van der Waals surface area contributed by atoms with Gasteiger partial charge in [0.2, 0.25) is 5.91 Å². The highest BCUT2D eigenvalue weighted by atomic mass is 79.9. The van der Waals surface area contributed by atoms with Gasteiger partial charge in [0.15, 0.2) is 0 Å². The number of halogens is 2. The Bertz CT molecular complexity index is 849. The standard InChI is InChI=1S/C21H25BrClN3O3/c1-21(2,3)29-20(28)26-16-7-5-13(9-16)18(26)19(27)25-15(11-24)8-12-4-6-14(22)10-17(12)23/h4,6,10,13,15-16,18H,5,7-9H2,1-3H3,(H,25,27)/t13-,15?,16+,18-/m0/s1. The van der Waals surface area contributed by atoms with Crippen LogP contribution in [-0.2, 0) is 16.0 Å². The van der Waals surface area contributed by atoms with Crippen LogP contribution in [-0.4, -0.2) is 40.6 Å². The monoisotopic (exact) mass is 481 g/mol. The van der Waals surface area contributed by atoms with Crippen LogP contribution >= 0.6 is 27.5 Å². The first-order chi connectivity index (χ1) is 13.6. The molecule has 1 saturated heterocycles. The van der Waals surface area contributed by atoms with Gasteiger partial charge in [0, 0.05) is 22.0 Å². The molecule has 2 amide bonds. The van der Waals surface area contributed by atoms with Gasteiger partial charge in [-0.05, 0) is 63.6 Å². The second kappa shape index (κ2) is 8.53. The third-order valence-corrected chi connectivity index (χ3v) is 6.21. The number of rotatable bonds is 4. The molecule has 1 aromatic carbocycles. The van der Waals surface area contributed by atoms with Crippen molar-refractivity contribution in [3.63, 3.8) is 0 Å². The molecule has 4 atom stereocenters. The predicted molar refractivity (Wildman–Crippen MR) is 113 cm³/mol. The number of ether oxygens (including phenoxy) is 1. The zero-order valence-electron chi connectivity index (χ0n) is 16.7. The van der Waals surface area contributed by atoms with Crippen molar-refractivity contribution in [1.29, 1.82) is 5.26 Å². The van der Waals surface area contributed by atoms with Crippen LogP contribution in [0, 0.1) is 17.2 Å². The third-order valence-electron chi connectivity index (χ3n) is 5.37. The fourth-order valence-corrected chi connectivity index (χ4v) is 4.95. The Labute approximate surface area is 184 Å². The number of nitrogens with zero attached hydrogens (tertiary/aromatic N) is 2. The van der Waals surface area contributed by atoms with Gasteiger partial charge in [-0.3, -0.25) is 9.69 Å². The summed E-state index contributed by atoms with van der Waals surface area (Å²) in [4.78, 5) is 27.4. The number of nitriles is 1. The smallest absolute Gasteiger partial charge is 0.411 e. The summed E-state index contributed by atoms with van der Waals surface area (Å²) in [5, 5.41) is 12.9. The van der Waals surface area contributed by atoms with Crippen LogP contribution in [0.25, 0.3) is 0 Å². The van der Waals surface area contributed by atoms with E-state index in [9.17, 15) is 14.9 Å². The molecule has 1 aliphatic carbocycles. The van der Waals surface area contributed by atoms with Crippen LogP contribution in [0.15, 0.2) is 22.7 Å². The lowest BCUT2D eigenvalue weighted by molar-refractivity contribution is -0.128. The van der Waals surface area contributed by atoms with Gasteiger partial charge in [-0.2, -0.15) is 5.26 Å². The van der Waals surface area contributed by atoms with E-state index in [-0.39, 0.29) is 17.9 Å². The van der Waals surface area contributed by atoms with Crippen molar-refractivity contribution in [1.82, 2.24) is 10.2 Å². The van der Waals surface area contributed by atoms with Crippen LogP contribution in [0.3, 0.4) is 0 Å². The van der Waals surface area contributed by atoms with Gasteiger partial charge >= 0.3 is 6.09 Å². The Morgan fingerprint density at radius 3 is 2.76 bits per heavy atom. The minimum absolute atomic E-state index is 0.0204. The third kappa shape index (κ3) is 5.04. The van der Waals surface area contributed by atoms with Crippen LogP contribution < -0.4 is 5.32 Å². The maximum Gasteiger partial charge on any atom is 0.411 e. The first-order valence-corrected chi connectivity index (χ1v) is 10.9. The SMILES string of the molecule is CC(C)(C)OC(=O)N1[C@@H]2CC[C@@H](C2)[C@H]1C(=O)NC(C#N)Cc1ccc(Br)cc1Cl. The molecular weight excluding hydrogens is 458 g/mol. The Morgan fingerprint density at radius 2 is 2.14 bits per heavy atom. The number of fused-ring (bicyclic) bond motifs is 2. The van der Waals surface area contributed by atoms with Crippen LogP contribution in [0.5, 0.6) is 0 Å². The fraction of sp³-hybridized carbons (Fsp3) is 0.571. The maximum absolute atomic E-state index is 13.1. The molecule has 1 heterocycles. The van der Waals surface area contributed by atoms with Crippen molar-refractivity contribution < 1.29 is 14.3 Å². The highest BCUT2D eigenvalue weighted by Gasteiger charge is 2.52. The van der Waals surface area contributed by atoms with Crippen molar-refractivity contribution >= 4 is 39.5 Å². The molecule has 0 radical (unpaired) electrons. The fourth-order valence-electron chi connectivity index (χ4n) is 4.20. The largest absolute Gasteiger partial charge is 0.444 e. The molecule has 1 N–H and O–H groups in total. The van der Waals surface area contributed by atoms with E-state index < -0.39 is 23.8 Å². The molecule has 2 aliphatic rings. The van der Waals surface area contributed by atoms with Gasteiger partial charge in [0.1, 0.15) is 17.7 Å². The number of carbonyl (C=O) groups excluding carboxylic acids is 2. The lowest BCUT2D eigenvalue weighted by Crippen LogP contribution is -2.55. The average Bonchev–Trinajstić information content (AvgIpc) is 3.23. The number of amides is 2. The van der Waals surface area contributed by atoms with Gasteiger partial charge in [0.25, 0.3) is 0 Å². The normalized spacial score (nSPS) is 24.1. The van der Waals surface area contributed by atoms with Crippen molar-refractivity contribution in [2.45, 2.75) is 70.2 Å². The molecule has 0 aromatic heterocycles. The van der Waals surface area contributed by atoms with E-state index in [1.54, 1.807) is 11.0 Å². The summed E-state index contributed by atoms with van der Waals surface area (Å²) < 4.78 is 6.37. The molecular formula is C21H25BrClN3O3. The van der Waals surface area contributed by atoms with Crippen LogP contribution in [0.2, 0.25) is 5.02 Å². The molecule has 1 aliphatic heterocycles. The lowest BCUT2D eigenvalue weighted by Gasteiger charge is -2.35. The van der Waals surface area contributed by atoms with Gasteiger partial charge < -0.3 is 10.1 Å². The quantitative estimate of drug-likeness (QED) is 0.688. The van der Waals surface area contributed by atoms with Crippen molar-refractivity contribution in [2.75, 3.05) is 0 Å². The number of benzene rings is 1. The van der Waals surface area contributed by atoms with Gasteiger partial charge in [0.05, 0.1) is 6.07 Å². The van der Waals surface area contributed by atoms with E-state index in [4.69, 9.17) is 16.3 Å². The summed E-state index contributed by atoms with van der Waals surface area (Å²) in [7, 11) is 0. The molecule has 2 fully saturated rings. The summed E-state index contributed by atoms with van der Waals surface area (Å²) in [5.74, 6) is -0.203. The van der Waals surface area contributed by atoms with Crippen molar-refractivity contribution in [3.05, 3.63) is 33.3 Å². The van der Waals surface area contributed by atoms with E-state index in [2.05, 4.69) is 27.3 Å². The minimum Gasteiger partial charge on any atom is -0.444 e. The van der Waals surface area contributed by atoms with Gasteiger partial charge in [-0.1, -0.05) is 33.6 Å². The summed E-state index contributed by atoms with van der Waals surface area (Å²) in [6, 6.07) is 6.25. The predicted octanol–water partition coefficient (Wildman–Crippen LogP) is 4.44. The molecule has 2 bridgehead atoms. The lowest BCUT2D eigenvalue weighted by atomic mass is 9.97. The molecule has 1 aromatic rings. The molecule has 6 nitrogen and oxygen atoms in total. The topological polar surface area (TPSA) is 82.4 Å². The molecule has 1 unspecified atom stereocenters. The Morgan fingerprint density at radius 1 is 1.41 bits per heavy atom. The average molecular weight is 483 g/mol. The molecule has 8 heteroatoms. The number of piperidine rings is 1. The van der Waals surface area contributed by atoms with Gasteiger partial charge in [-0.25, -0.2) is 4.79 Å². The highest BCUT2D eigenvalue weighted by molar-refractivity contribution is 9.10. The zero-order chi connectivity index (χ0) is 21.3. The van der Waals surface area contributed by atoms with E-state index in [1.165, 1.54) is 0 Å². The minimum atomic E-state index is -0.735. The van der Waals surface area contributed by atoms with E-state index in [0.29, 0.717) is 11.4 Å². The summed E-state index contributed by atoms with van der Waals surface area (Å²) >= 11 is 9.61. The number of nitrogens with one attached hydrogen (secondary N) is 1. The molecule has 29 heavy (non-hydrogen) atoms. The molecule has 0 spiro atoms. The first kappa shape index (κ1) is 21.9. The number of likely N-dealkylation sites (tertiary alicyclic amines) is 1. The number of hydrogen-bond acceptors (Lipinski definition) is 4. The second-order valence-corrected chi connectivity index (χ2v) is 10.0. The van der Waals surface area contributed by atoms with Crippen LogP contribution in [0.4, 0.5) is 4.79 Å². The number of hydrogen-bond donors (Lipinski definition) is 1. The molecule has 156 valence electrons. The second-order valence-electron chi connectivity index (χ2n) is 8.69. The molecule has 1 saturated carbocycles. The Balaban J connectivity index is 1.72. The first-order valence-electron chi connectivity index (χ1n) is 9.74. The zero-order valence-corrected chi connectivity index (χ0v) is 19.1. The van der Waals surface area contributed by atoms with Crippen molar-refractivity contribution in [2.24, 2.45) is 5.92 Å². The van der Waals surface area contributed by atoms with Crippen LogP contribution in [0.1, 0.15) is 45.6 Å². The summed E-state index contributed by atoms with van der Waals surface area (Å²) in [6.45, 7) is 5.42. The summed E-state index contributed by atoms with van der Waals surface area (Å²) in [5.41, 5.74) is 0.145. The summed E-state index contributed by atoms with van der Waals surface area (Å²) in [6.07, 6.45) is 2.41. The maximum atomic E-state index is 13.1.